The molecule has 10 rings (SSSR count). The number of hydrogen-bond donors (Lipinski definition) is 1. The highest BCUT2D eigenvalue weighted by Gasteiger charge is 2.23. The molecule has 0 bridgehead atoms. The summed E-state index contributed by atoms with van der Waals surface area (Å²) in [6, 6.07) is 19.9. The molecule has 0 amide bonds. The van der Waals surface area contributed by atoms with E-state index in [1.54, 1.807) is 21.1 Å². The maximum atomic E-state index is 11.4. The molecule has 13 nitrogen and oxygen atoms in total. The van der Waals surface area contributed by atoms with Crippen LogP contribution in [0.3, 0.4) is 0 Å². The summed E-state index contributed by atoms with van der Waals surface area (Å²) in [5.41, 5.74) is 9.16. The highest BCUT2D eigenvalue weighted by atomic mass is 16.5. The van der Waals surface area contributed by atoms with Gasteiger partial charge in [-0.3, -0.25) is 9.69 Å². The first-order chi connectivity index (χ1) is 32.2. The van der Waals surface area contributed by atoms with Gasteiger partial charge in [0.2, 0.25) is 11.8 Å². The molecule has 2 aliphatic heterocycles. The van der Waals surface area contributed by atoms with E-state index in [9.17, 15) is 4.79 Å². The number of fused-ring (bicyclic) bond motifs is 4. The smallest absolute Gasteiger partial charge is 0.230 e. The van der Waals surface area contributed by atoms with Crippen LogP contribution in [0.1, 0.15) is 68.7 Å². The Kier molecular flexibility index (Phi) is 13.7. The van der Waals surface area contributed by atoms with Crippen molar-refractivity contribution in [2.45, 2.75) is 59.3 Å². The fourth-order valence-electron chi connectivity index (χ4n) is 9.18. The van der Waals surface area contributed by atoms with E-state index < -0.39 is 0 Å². The SMILES string of the molecule is COc1cc2c(Oc3ccc4c(c3)C(C)=CC4)ncnc2cc1OCC1CCN(CC(C)=O)CC1.COc1cc2c(Oc3ccc4c(c3)C(C)=CC4)ncnc2cc1OCC1CCNCC1. The van der Waals surface area contributed by atoms with Crippen LogP contribution in [0.5, 0.6) is 46.3 Å². The van der Waals surface area contributed by atoms with E-state index in [-0.39, 0.29) is 5.78 Å². The number of methoxy groups -OCH3 is 2. The molecule has 4 aliphatic rings. The molecule has 2 aromatic heterocycles. The summed E-state index contributed by atoms with van der Waals surface area (Å²) in [4.78, 5) is 31.2. The maximum absolute atomic E-state index is 11.4. The Labute approximate surface area is 386 Å². The molecule has 0 saturated carbocycles. The van der Waals surface area contributed by atoms with Gasteiger partial charge < -0.3 is 33.7 Å². The van der Waals surface area contributed by atoms with Crippen molar-refractivity contribution in [3.05, 3.63) is 108 Å². The lowest BCUT2D eigenvalue weighted by Gasteiger charge is -2.31. The topological polar surface area (TPSA) is 139 Å². The van der Waals surface area contributed by atoms with Crippen LogP contribution in [0.15, 0.2) is 85.5 Å². The number of nitrogens with one attached hydrogen (secondary N) is 1. The highest BCUT2D eigenvalue weighted by Crippen LogP contribution is 2.40. The monoisotopic (exact) mass is 890 g/mol. The van der Waals surface area contributed by atoms with E-state index in [1.807, 2.05) is 36.4 Å². The van der Waals surface area contributed by atoms with Gasteiger partial charge in [-0.05, 0) is 167 Å². The van der Waals surface area contributed by atoms with Gasteiger partial charge in [0.25, 0.3) is 0 Å². The van der Waals surface area contributed by atoms with E-state index in [2.05, 4.69) is 80.4 Å². The Morgan fingerprint density at radius 3 is 1.59 bits per heavy atom. The van der Waals surface area contributed by atoms with Crippen molar-refractivity contribution < 1.29 is 33.2 Å². The number of carbonyl (C=O) groups excluding carboxylic acids is 1. The number of Topliss-reactive ketones (excluding diaryl/α,β-unsaturated/α-hetero) is 1. The molecule has 2 aliphatic carbocycles. The van der Waals surface area contributed by atoms with E-state index >= 15 is 0 Å². The quantitative estimate of drug-likeness (QED) is 0.111. The van der Waals surface area contributed by atoms with Gasteiger partial charge in [0.05, 0.1) is 55.8 Å². The molecule has 1 N–H and O–H groups in total. The molecule has 0 atom stereocenters. The second-order valence-corrected chi connectivity index (χ2v) is 17.7. The van der Waals surface area contributed by atoms with Crippen LogP contribution < -0.4 is 33.7 Å². The normalized spacial score (nSPS) is 16.1. The molecule has 4 heterocycles. The zero-order valence-electron chi connectivity index (χ0n) is 38.5. The first-order valence-electron chi connectivity index (χ1n) is 23.0. The maximum Gasteiger partial charge on any atom is 0.230 e. The lowest BCUT2D eigenvalue weighted by molar-refractivity contribution is -0.118. The molecule has 13 heteroatoms. The summed E-state index contributed by atoms with van der Waals surface area (Å²) in [6.45, 7) is 11.7. The molecule has 2 saturated heterocycles. The van der Waals surface area contributed by atoms with Crippen LogP contribution in [-0.4, -0.2) is 90.8 Å². The number of aromatic nitrogens is 4. The standard InChI is InChI=1S/C28H31N3O4.C25H27N3O3/c1-18-4-5-21-6-7-22(12-23(18)21)35-28-24-13-26(33-3)27(14-25(24)29-17-30-28)34-16-20-8-10-31(11-9-20)15-19(2)32;1-16-3-4-18-5-6-19(11-20(16)18)31-25-21-12-23(29-2)24(13-22(21)27-15-28-25)30-14-17-7-9-26-10-8-17/h4,6-7,12-14,17,20H,5,8-11,15-16H2,1-3H3;3,5-6,11-13,15,17,26H,4,7-10,14H2,1-2H3. The molecule has 0 radical (unpaired) electrons. The van der Waals surface area contributed by atoms with Crippen LogP contribution in [0.4, 0.5) is 0 Å². The van der Waals surface area contributed by atoms with Crippen LogP contribution in [0.2, 0.25) is 0 Å². The van der Waals surface area contributed by atoms with Crippen molar-refractivity contribution in [3.63, 3.8) is 0 Å². The summed E-state index contributed by atoms with van der Waals surface area (Å²) >= 11 is 0. The molecule has 4 aromatic carbocycles. The van der Waals surface area contributed by atoms with Crippen LogP contribution in [0, 0.1) is 11.8 Å². The highest BCUT2D eigenvalue weighted by molar-refractivity contribution is 5.88. The molecule has 6 aromatic rings. The van der Waals surface area contributed by atoms with Crippen LogP contribution in [-0.2, 0) is 17.6 Å². The number of allylic oxidation sites excluding steroid dienone is 4. The number of ether oxygens (including phenoxy) is 6. The van der Waals surface area contributed by atoms with Gasteiger partial charge in [0.15, 0.2) is 23.0 Å². The average molecular weight is 891 g/mol. The number of ketones is 1. The molecule has 0 spiro atoms. The number of hydrogen-bond acceptors (Lipinski definition) is 13. The number of carbonyl (C=O) groups is 1. The number of benzene rings is 4. The second kappa shape index (κ2) is 20.3. The molecule has 0 unspecified atom stereocenters. The molecular formula is C53H58N6O7. The minimum atomic E-state index is 0.217. The van der Waals surface area contributed by atoms with Crippen LogP contribution in [0.25, 0.3) is 33.0 Å². The third kappa shape index (κ3) is 10.3. The zero-order chi connectivity index (χ0) is 45.6. The van der Waals surface area contributed by atoms with Crippen molar-refractivity contribution in [3.8, 4) is 46.3 Å². The molecule has 342 valence electrons. The van der Waals surface area contributed by atoms with Gasteiger partial charge in [0.1, 0.15) is 29.9 Å². The predicted octanol–water partition coefficient (Wildman–Crippen LogP) is 9.84. The summed E-state index contributed by atoms with van der Waals surface area (Å²) < 4.78 is 36.0. The lowest BCUT2D eigenvalue weighted by atomic mass is 9.97. The van der Waals surface area contributed by atoms with Gasteiger partial charge in [0, 0.05) is 12.1 Å². The lowest BCUT2D eigenvalue weighted by Crippen LogP contribution is -2.38. The van der Waals surface area contributed by atoms with E-state index in [4.69, 9.17) is 28.4 Å². The summed E-state index contributed by atoms with van der Waals surface area (Å²) in [5.74, 6) is 6.37. The van der Waals surface area contributed by atoms with Crippen LogP contribution >= 0.6 is 0 Å². The summed E-state index contributed by atoms with van der Waals surface area (Å²) in [6.07, 6.45) is 13.7. The van der Waals surface area contributed by atoms with E-state index in [0.29, 0.717) is 66.4 Å². The van der Waals surface area contributed by atoms with Crippen molar-refractivity contribution in [1.29, 1.82) is 0 Å². The Morgan fingerprint density at radius 1 is 0.636 bits per heavy atom. The summed E-state index contributed by atoms with van der Waals surface area (Å²) in [5, 5.41) is 4.95. The van der Waals surface area contributed by atoms with Gasteiger partial charge in [-0.1, -0.05) is 24.3 Å². The molecule has 2 fully saturated rings. The minimum Gasteiger partial charge on any atom is -0.493 e. The van der Waals surface area contributed by atoms with Gasteiger partial charge in [-0.25, -0.2) is 19.9 Å². The third-order valence-corrected chi connectivity index (χ3v) is 13.0. The minimum absolute atomic E-state index is 0.217. The van der Waals surface area contributed by atoms with Gasteiger partial charge >= 0.3 is 0 Å². The Balaban J connectivity index is 0.000000167. The van der Waals surface area contributed by atoms with E-state index in [0.717, 1.165) is 98.0 Å². The van der Waals surface area contributed by atoms with Gasteiger partial charge in [-0.15, -0.1) is 0 Å². The Bertz CT molecular complexity index is 2790. The second-order valence-electron chi connectivity index (χ2n) is 17.7. The van der Waals surface area contributed by atoms with E-state index in [1.165, 1.54) is 46.1 Å². The van der Waals surface area contributed by atoms with Crippen molar-refractivity contribution in [2.75, 3.05) is 60.2 Å². The zero-order valence-corrected chi connectivity index (χ0v) is 38.5. The predicted molar refractivity (Wildman–Crippen MR) is 256 cm³/mol. The average Bonchev–Trinajstić information content (AvgIpc) is 3.90. The Morgan fingerprint density at radius 2 is 1.12 bits per heavy atom. The van der Waals surface area contributed by atoms with Crippen molar-refractivity contribution in [1.82, 2.24) is 30.2 Å². The number of rotatable bonds is 14. The third-order valence-electron chi connectivity index (χ3n) is 13.0. The fourth-order valence-corrected chi connectivity index (χ4v) is 9.18. The molecule has 66 heavy (non-hydrogen) atoms. The fraction of sp³-hybridized carbons (Fsp3) is 0.377. The number of piperidine rings is 2. The van der Waals surface area contributed by atoms with Crippen molar-refractivity contribution in [2.24, 2.45) is 11.8 Å². The molecular weight excluding hydrogens is 833 g/mol. The Hall–Kier alpha value is -6.57. The number of nitrogens with zero attached hydrogens (tertiary/aromatic N) is 5. The first kappa shape index (κ1) is 44.6. The number of likely N-dealkylation sites (tertiary alicyclic amines) is 1. The first-order valence-corrected chi connectivity index (χ1v) is 23.0. The van der Waals surface area contributed by atoms with Crippen molar-refractivity contribution >= 4 is 38.7 Å². The summed E-state index contributed by atoms with van der Waals surface area (Å²) in [7, 11) is 3.28. The largest absolute Gasteiger partial charge is 0.493 e. The van der Waals surface area contributed by atoms with Gasteiger partial charge in [-0.2, -0.15) is 0 Å².